The van der Waals surface area contributed by atoms with E-state index >= 15 is 0 Å². The van der Waals surface area contributed by atoms with Crippen molar-refractivity contribution in [1.82, 2.24) is 14.7 Å². The van der Waals surface area contributed by atoms with Gasteiger partial charge in [0, 0.05) is 42.8 Å². The van der Waals surface area contributed by atoms with Crippen LogP contribution in [0.15, 0.2) is 53.4 Å². The quantitative estimate of drug-likeness (QED) is 0.568. The average molecular weight is 476 g/mol. The highest BCUT2D eigenvalue weighted by Crippen LogP contribution is 2.35. The van der Waals surface area contributed by atoms with Gasteiger partial charge < -0.3 is 4.90 Å². The lowest BCUT2D eigenvalue weighted by atomic mass is 10.0. The van der Waals surface area contributed by atoms with Crippen LogP contribution >= 0.6 is 35.0 Å². The number of thioether (sulfide) groups is 1. The van der Waals surface area contributed by atoms with Gasteiger partial charge in [0.1, 0.15) is 0 Å². The maximum atomic E-state index is 13.1. The van der Waals surface area contributed by atoms with Gasteiger partial charge >= 0.3 is 0 Å². The molecule has 4 rings (SSSR count). The summed E-state index contributed by atoms with van der Waals surface area (Å²) in [4.78, 5) is 32.3. The van der Waals surface area contributed by atoms with Gasteiger partial charge in [-0.1, -0.05) is 47.5 Å². The maximum Gasteiger partial charge on any atom is 0.293 e. The molecule has 2 fully saturated rings. The molecule has 1 unspecified atom stereocenters. The van der Waals surface area contributed by atoms with Gasteiger partial charge in [0.25, 0.3) is 11.1 Å². The summed E-state index contributed by atoms with van der Waals surface area (Å²) in [6, 6.07) is 14.8. The molecule has 2 saturated heterocycles. The van der Waals surface area contributed by atoms with Gasteiger partial charge in [-0.3, -0.25) is 19.4 Å². The van der Waals surface area contributed by atoms with Gasteiger partial charge in [-0.15, -0.1) is 0 Å². The molecule has 0 saturated carbocycles. The number of piperazine rings is 1. The Balaban J connectivity index is 1.57. The fraction of sp³-hybridized carbons (Fsp3) is 0.304. The third-order valence-electron chi connectivity index (χ3n) is 5.63. The van der Waals surface area contributed by atoms with E-state index < -0.39 is 0 Å². The number of nitrogens with zero attached hydrogens (tertiary/aromatic N) is 3. The van der Waals surface area contributed by atoms with Crippen molar-refractivity contribution >= 4 is 52.2 Å². The number of benzene rings is 2. The molecule has 162 valence electrons. The van der Waals surface area contributed by atoms with E-state index in [2.05, 4.69) is 16.8 Å². The lowest BCUT2D eigenvalue weighted by molar-refractivity contribution is -0.123. The van der Waals surface area contributed by atoms with E-state index in [1.807, 2.05) is 36.4 Å². The van der Waals surface area contributed by atoms with Crippen LogP contribution in [-0.4, -0.2) is 65.6 Å². The molecule has 1 atom stereocenters. The highest BCUT2D eigenvalue weighted by Gasteiger charge is 2.38. The summed E-state index contributed by atoms with van der Waals surface area (Å²) in [6.45, 7) is 3.96. The minimum Gasteiger partial charge on any atom is -0.304 e. The van der Waals surface area contributed by atoms with E-state index in [9.17, 15) is 9.59 Å². The van der Waals surface area contributed by atoms with E-state index in [4.69, 9.17) is 23.2 Å². The Morgan fingerprint density at radius 3 is 2.13 bits per heavy atom. The van der Waals surface area contributed by atoms with Crippen molar-refractivity contribution in [3.63, 3.8) is 0 Å². The fourth-order valence-corrected chi connectivity index (χ4v) is 4.89. The summed E-state index contributed by atoms with van der Waals surface area (Å²) in [5.74, 6) is -0.252. The minimum absolute atomic E-state index is 0.0747. The summed E-state index contributed by atoms with van der Waals surface area (Å²) in [7, 11) is 2.10. The number of likely N-dealkylation sites (N-methyl/N-ethyl adjacent to an activating group) is 1. The molecular formula is C23H23Cl2N3O2S. The van der Waals surface area contributed by atoms with Gasteiger partial charge in [-0.2, -0.15) is 0 Å². The number of carbonyl (C=O) groups excluding carboxylic acids is 2. The molecule has 8 heteroatoms. The lowest BCUT2D eigenvalue weighted by Crippen LogP contribution is -2.49. The van der Waals surface area contributed by atoms with Crippen LogP contribution in [0.3, 0.4) is 0 Å². The molecule has 2 heterocycles. The van der Waals surface area contributed by atoms with Gasteiger partial charge in [0.2, 0.25) is 0 Å². The minimum atomic E-state index is -0.252. The first kappa shape index (κ1) is 22.4. The van der Waals surface area contributed by atoms with E-state index in [-0.39, 0.29) is 17.2 Å². The predicted octanol–water partition coefficient (Wildman–Crippen LogP) is 5.02. The summed E-state index contributed by atoms with van der Waals surface area (Å²) in [6.07, 6.45) is 1.74. The molecule has 31 heavy (non-hydrogen) atoms. The first-order valence-electron chi connectivity index (χ1n) is 10.1. The lowest BCUT2D eigenvalue weighted by Gasteiger charge is -2.39. The number of imide groups is 1. The van der Waals surface area contributed by atoms with E-state index in [0.29, 0.717) is 21.5 Å². The molecule has 2 aliphatic heterocycles. The zero-order chi connectivity index (χ0) is 22.0. The van der Waals surface area contributed by atoms with Crippen LogP contribution in [0.1, 0.15) is 17.2 Å². The molecule has 0 N–H and O–H groups in total. The molecule has 2 amide bonds. The Bertz CT molecular complexity index is 987. The van der Waals surface area contributed by atoms with Crippen LogP contribution in [0.5, 0.6) is 0 Å². The monoisotopic (exact) mass is 475 g/mol. The van der Waals surface area contributed by atoms with Crippen LogP contribution in [0.2, 0.25) is 10.0 Å². The first-order valence-corrected chi connectivity index (χ1v) is 11.7. The largest absolute Gasteiger partial charge is 0.304 e. The van der Waals surface area contributed by atoms with Crippen molar-refractivity contribution in [2.24, 2.45) is 0 Å². The molecule has 0 aliphatic carbocycles. The van der Waals surface area contributed by atoms with Gasteiger partial charge in [-0.05, 0) is 60.3 Å². The van der Waals surface area contributed by atoms with Crippen molar-refractivity contribution in [3.8, 4) is 0 Å². The number of rotatable bonds is 5. The predicted molar refractivity (Wildman–Crippen MR) is 127 cm³/mol. The molecule has 0 spiro atoms. The van der Waals surface area contributed by atoms with Crippen LogP contribution in [0, 0.1) is 0 Å². The van der Waals surface area contributed by atoms with Crippen LogP contribution < -0.4 is 0 Å². The third-order valence-corrected chi connectivity index (χ3v) is 7.04. The SMILES string of the molecule is CN1CCN(C(CN2C(=O)S/C(=C\c3ccc(Cl)cc3)C2=O)c2ccc(Cl)cc2)CC1. The molecule has 0 aromatic heterocycles. The number of carbonyl (C=O) groups is 2. The van der Waals surface area contributed by atoms with Crippen LogP contribution in [0.4, 0.5) is 4.79 Å². The zero-order valence-corrected chi connectivity index (χ0v) is 19.5. The van der Waals surface area contributed by atoms with Gasteiger partial charge in [-0.25, -0.2) is 0 Å². The number of hydrogen-bond acceptors (Lipinski definition) is 5. The Morgan fingerprint density at radius 1 is 0.935 bits per heavy atom. The average Bonchev–Trinajstić information content (AvgIpc) is 3.02. The molecule has 5 nitrogen and oxygen atoms in total. The Labute approximate surface area is 196 Å². The zero-order valence-electron chi connectivity index (χ0n) is 17.1. The smallest absolute Gasteiger partial charge is 0.293 e. The van der Waals surface area contributed by atoms with E-state index in [1.165, 1.54) is 4.90 Å². The van der Waals surface area contributed by atoms with Crippen LogP contribution in [0.25, 0.3) is 6.08 Å². The molecule has 2 aliphatic rings. The second-order valence-electron chi connectivity index (χ2n) is 7.75. The maximum absolute atomic E-state index is 13.1. The summed E-state index contributed by atoms with van der Waals surface area (Å²) in [5.41, 5.74) is 1.89. The summed E-state index contributed by atoms with van der Waals surface area (Å²) >= 11 is 13.0. The Hall–Kier alpha value is -1.83. The number of amides is 2. The summed E-state index contributed by atoms with van der Waals surface area (Å²) < 4.78 is 0. The van der Waals surface area contributed by atoms with E-state index in [0.717, 1.165) is 49.1 Å². The molecule has 2 aromatic carbocycles. The Morgan fingerprint density at radius 2 is 1.52 bits per heavy atom. The van der Waals surface area contributed by atoms with E-state index in [1.54, 1.807) is 18.2 Å². The van der Waals surface area contributed by atoms with Crippen molar-refractivity contribution in [2.75, 3.05) is 39.8 Å². The standard InChI is InChI=1S/C23H23Cl2N3O2S/c1-26-10-12-27(13-11-26)20(17-4-8-19(25)9-5-17)15-28-22(29)21(31-23(28)30)14-16-2-6-18(24)7-3-16/h2-9,14,20H,10-13,15H2,1H3/b21-14-. The molecule has 2 aromatic rings. The second kappa shape index (κ2) is 9.76. The second-order valence-corrected chi connectivity index (χ2v) is 9.62. The van der Waals surface area contributed by atoms with Crippen molar-refractivity contribution in [3.05, 3.63) is 74.6 Å². The molecule has 0 bridgehead atoms. The van der Waals surface area contributed by atoms with Crippen molar-refractivity contribution < 1.29 is 9.59 Å². The molecule has 0 radical (unpaired) electrons. The van der Waals surface area contributed by atoms with Crippen molar-refractivity contribution in [2.45, 2.75) is 6.04 Å². The highest BCUT2D eigenvalue weighted by atomic mass is 35.5. The topological polar surface area (TPSA) is 43.9 Å². The van der Waals surface area contributed by atoms with Gasteiger partial charge in [0.05, 0.1) is 10.9 Å². The fourth-order valence-electron chi connectivity index (χ4n) is 3.79. The first-order chi connectivity index (χ1) is 14.9. The summed E-state index contributed by atoms with van der Waals surface area (Å²) in [5, 5.41) is 1.06. The van der Waals surface area contributed by atoms with Crippen LogP contribution in [-0.2, 0) is 4.79 Å². The van der Waals surface area contributed by atoms with Crippen molar-refractivity contribution in [1.29, 1.82) is 0 Å². The Kier molecular flexibility index (Phi) is 7.04. The highest BCUT2D eigenvalue weighted by molar-refractivity contribution is 8.18. The number of hydrogen-bond donors (Lipinski definition) is 0. The third kappa shape index (κ3) is 5.33. The normalized spacial score (nSPS) is 20.6. The number of halogens is 2. The molecular weight excluding hydrogens is 453 g/mol. The van der Waals surface area contributed by atoms with Gasteiger partial charge in [0.15, 0.2) is 0 Å².